The molecule has 0 saturated carbocycles. The Kier molecular flexibility index (Phi) is 9.54. The zero-order chi connectivity index (χ0) is 32.4. The van der Waals surface area contributed by atoms with Crippen LogP contribution in [0, 0.1) is 13.8 Å². The molecule has 11 nitrogen and oxygen atoms in total. The minimum atomic E-state index is -0.895. The first-order valence-corrected chi connectivity index (χ1v) is 16.7. The fourth-order valence-electron chi connectivity index (χ4n) is 8.13. The number of aryl methyl sites for hydroxylation is 2. The molecule has 2 aromatic rings. The van der Waals surface area contributed by atoms with E-state index in [1.165, 1.54) is 0 Å². The molecular weight excluding hydrogens is 586 g/mol. The van der Waals surface area contributed by atoms with Crippen molar-refractivity contribution < 1.29 is 29.3 Å². The number of phenols is 1. The number of hydrogen-bond acceptors (Lipinski definition) is 7. The summed E-state index contributed by atoms with van der Waals surface area (Å²) in [6.07, 6.45) is 4.46. The number of fused-ring (bicyclic) bond motifs is 1. The van der Waals surface area contributed by atoms with E-state index >= 15 is 0 Å². The fourth-order valence-corrected chi connectivity index (χ4v) is 8.13. The lowest BCUT2D eigenvalue weighted by Crippen LogP contribution is -2.69. The van der Waals surface area contributed by atoms with Gasteiger partial charge in [0.25, 0.3) is 0 Å². The molecule has 4 aliphatic rings. The minimum Gasteiger partial charge on any atom is -0.507 e. The van der Waals surface area contributed by atoms with Gasteiger partial charge in [-0.05, 0) is 74.4 Å². The molecule has 0 radical (unpaired) electrons. The number of likely N-dealkylation sites (tertiary alicyclic amines) is 2. The van der Waals surface area contributed by atoms with E-state index in [2.05, 4.69) is 16.3 Å². The highest BCUT2D eigenvalue weighted by Gasteiger charge is 2.49. The summed E-state index contributed by atoms with van der Waals surface area (Å²) in [5.41, 5.74) is 3.77. The minimum absolute atomic E-state index is 0.0696. The highest BCUT2D eigenvalue weighted by atomic mass is 16.5. The van der Waals surface area contributed by atoms with Crippen LogP contribution in [0.3, 0.4) is 0 Å². The summed E-state index contributed by atoms with van der Waals surface area (Å²) in [4.78, 5) is 48.9. The van der Waals surface area contributed by atoms with E-state index < -0.39 is 23.7 Å². The molecule has 6 rings (SSSR count). The van der Waals surface area contributed by atoms with Crippen LogP contribution in [0.25, 0.3) is 0 Å². The van der Waals surface area contributed by atoms with Gasteiger partial charge in [-0.15, -0.1) is 0 Å². The second-order valence-electron chi connectivity index (χ2n) is 13.3. The Morgan fingerprint density at radius 3 is 2.39 bits per heavy atom. The van der Waals surface area contributed by atoms with Gasteiger partial charge in [0.05, 0.1) is 19.3 Å². The number of carboxylic acids is 1. The highest BCUT2D eigenvalue weighted by Crippen LogP contribution is 2.37. The molecule has 248 valence electrons. The number of benzene rings is 2. The number of nitrogens with zero attached hydrogens (tertiary/aromatic N) is 4. The van der Waals surface area contributed by atoms with Gasteiger partial charge in [-0.2, -0.15) is 0 Å². The van der Waals surface area contributed by atoms with Gasteiger partial charge in [0.15, 0.2) is 0 Å². The molecule has 3 amide bonds. The number of amides is 3. The normalized spacial score (nSPS) is 23.3. The molecule has 46 heavy (non-hydrogen) atoms. The third-order valence-electron chi connectivity index (χ3n) is 10.6. The average Bonchev–Trinajstić information content (AvgIpc) is 3.24. The number of hydrogen-bond donors (Lipinski definition) is 3. The fraction of sp³-hybridized carbons (Fsp3) is 0.571. The predicted octanol–water partition coefficient (Wildman–Crippen LogP) is 3.60. The number of aromatic hydroxyl groups is 1. The van der Waals surface area contributed by atoms with E-state index in [1.807, 2.05) is 58.9 Å². The summed E-state index contributed by atoms with van der Waals surface area (Å²) in [6, 6.07) is 10.3. The number of piperidine rings is 2. The maximum Gasteiger partial charge on any atom is 0.323 e. The summed E-state index contributed by atoms with van der Waals surface area (Å²) >= 11 is 0. The van der Waals surface area contributed by atoms with Gasteiger partial charge in [0.2, 0.25) is 5.91 Å². The predicted molar refractivity (Wildman–Crippen MR) is 174 cm³/mol. The van der Waals surface area contributed by atoms with Crippen LogP contribution in [0.4, 0.5) is 10.5 Å². The number of urea groups is 1. The molecule has 4 aliphatic heterocycles. The molecule has 0 aromatic heterocycles. The zero-order valence-corrected chi connectivity index (χ0v) is 27.0. The monoisotopic (exact) mass is 633 g/mol. The number of anilines is 1. The number of para-hydroxylation sites is 1. The van der Waals surface area contributed by atoms with Crippen LogP contribution in [0.2, 0.25) is 0 Å². The van der Waals surface area contributed by atoms with E-state index in [0.717, 1.165) is 47.2 Å². The lowest BCUT2D eigenvalue weighted by molar-refractivity contribution is -0.153. The number of aliphatic carboxylic acids is 1. The topological polar surface area (TPSA) is 126 Å². The Labute approximate surface area is 271 Å². The van der Waals surface area contributed by atoms with Crippen molar-refractivity contribution in [3.8, 4) is 5.75 Å². The number of carboxylic acid groups (broad SMARTS) is 1. The van der Waals surface area contributed by atoms with Crippen molar-refractivity contribution in [1.29, 1.82) is 0 Å². The van der Waals surface area contributed by atoms with Crippen molar-refractivity contribution >= 4 is 23.6 Å². The molecule has 3 N–H and O–H groups in total. The van der Waals surface area contributed by atoms with Gasteiger partial charge in [-0.25, -0.2) is 4.79 Å². The molecule has 1 unspecified atom stereocenters. The maximum absolute atomic E-state index is 14.6. The molecule has 11 heteroatoms. The molecule has 2 aromatic carbocycles. The number of morpholine rings is 1. The van der Waals surface area contributed by atoms with Crippen molar-refractivity contribution in [2.75, 3.05) is 57.8 Å². The first-order valence-electron chi connectivity index (χ1n) is 16.7. The maximum atomic E-state index is 14.6. The van der Waals surface area contributed by atoms with E-state index in [-0.39, 0.29) is 17.7 Å². The second kappa shape index (κ2) is 13.6. The first-order chi connectivity index (χ1) is 22.2. The lowest BCUT2D eigenvalue weighted by atomic mass is 9.90. The number of carbonyl (C=O) groups is 3. The van der Waals surface area contributed by atoms with Gasteiger partial charge < -0.3 is 30.1 Å². The van der Waals surface area contributed by atoms with E-state index in [4.69, 9.17) is 4.74 Å². The number of ether oxygens (including phenoxy) is 1. The summed E-state index contributed by atoms with van der Waals surface area (Å²) in [5.74, 6) is -0.724. The Balaban J connectivity index is 1.27. The van der Waals surface area contributed by atoms with Crippen molar-refractivity contribution in [2.24, 2.45) is 0 Å². The van der Waals surface area contributed by atoms with E-state index in [0.29, 0.717) is 78.2 Å². The van der Waals surface area contributed by atoms with Gasteiger partial charge in [0, 0.05) is 51.3 Å². The van der Waals surface area contributed by atoms with Crippen LogP contribution in [0.1, 0.15) is 54.4 Å². The molecule has 2 atom stereocenters. The Morgan fingerprint density at radius 1 is 1.00 bits per heavy atom. The Hall–Kier alpha value is -3.67. The second-order valence-corrected chi connectivity index (χ2v) is 13.3. The third kappa shape index (κ3) is 6.32. The highest BCUT2D eigenvalue weighted by molar-refractivity contribution is 5.91. The van der Waals surface area contributed by atoms with E-state index in [1.54, 1.807) is 0 Å². The van der Waals surface area contributed by atoms with Gasteiger partial charge >= 0.3 is 12.0 Å². The number of phenolic OH excluding ortho intramolecular Hbond substituents is 1. The van der Waals surface area contributed by atoms with Crippen molar-refractivity contribution in [2.45, 2.75) is 76.5 Å². The van der Waals surface area contributed by atoms with Crippen LogP contribution in [0.5, 0.6) is 5.75 Å². The lowest BCUT2D eigenvalue weighted by Gasteiger charge is -2.55. The quantitative estimate of drug-likeness (QED) is 0.423. The van der Waals surface area contributed by atoms with Crippen molar-refractivity contribution in [3.05, 3.63) is 58.7 Å². The SMILES string of the molecule is Cc1cc(C[C@H](C(=O)N2CCC(N3CCOCC3)(N3CCc4ccccc4NC3=O)CC2)N2CCCCC2C(=O)O)cc(C)c1O. The first kappa shape index (κ1) is 32.3. The smallest absolute Gasteiger partial charge is 0.323 e. The largest absolute Gasteiger partial charge is 0.507 e. The van der Waals surface area contributed by atoms with Gasteiger partial charge in [0.1, 0.15) is 17.5 Å². The zero-order valence-electron chi connectivity index (χ0n) is 27.0. The van der Waals surface area contributed by atoms with Crippen molar-refractivity contribution in [3.63, 3.8) is 0 Å². The third-order valence-corrected chi connectivity index (χ3v) is 10.6. The average molecular weight is 634 g/mol. The summed E-state index contributed by atoms with van der Waals surface area (Å²) < 4.78 is 5.70. The summed E-state index contributed by atoms with van der Waals surface area (Å²) in [6.45, 7) is 8.34. The van der Waals surface area contributed by atoms with Crippen LogP contribution in [0.15, 0.2) is 36.4 Å². The van der Waals surface area contributed by atoms with Crippen LogP contribution >= 0.6 is 0 Å². The van der Waals surface area contributed by atoms with Crippen molar-refractivity contribution in [1.82, 2.24) is 19.6 Å². The number of nitrogens with one attached hydrogen (secondary N) is 1. The number of rotatable bonds is 7. The summed E-state index contributed by atoms with van der Waals surface area (Å²) in [7, 11) is 0. The van der Waals surface area contributed by atoms with Gasteiger partial charge in [-0.3, -0.25) is 19.4 Å². The molecule has 0 spiro atoms. The van der Waals surface area contributed by atoms with E-state index in [9.17, 15) is 24.6 Å². The Bertz CT molecular complexity index is 1430. The number of carbonyl (C=O) groups excluding carboxylic acids is 2. The Morgan fingerprint density at radius 2 is 1.70 bits per heavy atom. The molecule has 3 fully saturated rings. The van der Waals surface area contributed by atoms with Crippen LogP contribution in [-0.2, 0) is 27.2 Å². The van der Waals surface area contributed by atoms with Gasteiger partial charge in [-0.1, -0.05) is 36.8 Å². The summed E-state index contributed by atoms with van der Waals surface area (Å²) in [5, 5.41) is 23.7. The molecule has 4 heterocycles. The molecule has 0 bridgehead atoms. The standard InChI is InChI=1S/C35H47N5O6/c1-24-21-26(22-25(2)31(24)41)23-30(39-13-6-5-9-29(39)33(43)44)32(42)37-15-11-35(12-16-37,38-17-19-46-20-18-38)40-14-10-27-7-3-4-8-28(27)36-34(40)45/h3-4,7-8,21-22,29-30,41H,5-6,9-20,23H2,1-2H3,(H,36,45)(H,43,44)/t29?,30-/m1/s1. The molecule has 0 aliphatic carbocycles. The molecule has 3 saturated heterocycles. The van der Waals surface area contributed by atoms with Crippen LogP contribution in [-0.4, -0.2) is 118 Å². The van der Waals surface area contributed by atoms with Crippen LogP contribution < -0.4 is 5.32 Å². The molecular formula is C35H47N5O6.